The molecule has 118 valence electrons. The molecule has 0 amide bonds. The number of aliphatic imine (C=N–C) groups is 1. The normalized spacial score (nSPS) is 13.4. The van der Waals surface area contributed by atoms with Gasteiger partial charge in [0.25, 0.3) is 0 Å². The fraction of sp³-hybridized carbons (Fsp3) is 0.611. The van der Waals surface area contributed by atoms with Crippen molar-refractivity contribution in [2.45, 2.75) is 52.4 Å². The SMILES string of the molecule is CN(C)C/N=C/c1cc(C(C)(C)C)cc(C(C)(C)C)c1O. The second-order valence-corrected chi connectivity index (χ2v) is 7.99. The highest BCUT2D eigenvalue weighted by Gasteiger charge is 2.24. The van der Waals surface area contributed by atoms with E-state index in [9.17, 15) is 5.11 Å². The number of nitrogens with zero attached hydrogens (tertiary/aromatic N) is 2. The molecule has 1 rings (SSSR count). The van der Waals surface area contributed by atoms with Crippen molar-refractivity contribution in [2.75, 3.05) is 20.8 Å². The third kappa shape index (κ3) is 4.85. The minimum atomic E-state index is -0.102. The van der Waals surface area contributed by atoms with Crippen molar-refractivity contribution in [3.63, 3.8) is 0 Å². The van der Waals surface area contributed by atoms with Gasteiger partial charge >= 0.3 is 0 Å². The molecular formula is C18H30N2O. The van der Waals surface area contributed by atoms with Gasteiger partial charge in [0.15, 0.2) is 0 Å². The van der Waals surface area contributed by atoms with Gasteiger partial charge in [-0.15, -0.1) is 0 Å². The quantitative estimate of drug-likeness (QED) is 0.856. The highest BCUT2D eigenvalue weighted by molar-refractivity contribution is 5.85. The number of rotatable bonds is 3. The van der Waals surface area contributed by atoms with Crippen LogP contribution in [-0.4, -0.2) is 37.0 Å². The monoisotopic (exact) mass is 290 g/mol. The Bertz CT molecular complexity index is 517. The Kier molecular flexibility index (Phi) is 5.21. The smallest absolute Gasteiger partial charge is 0.128 e. The Morgan fingerprint density at radius 1 is 1.05 bits per heavy atom. The summed E-state index contributed by atoms with van der Waals surface area (Å²) >= 11 is 0. The van der Waals surface area contributed by atoms with E-state index in [1.807, 2.05) is 25.1 Å². The van der Waals surface area contributed by atoms with Gasteiger partial charge < -0.3 is 5.11 Å². The third-order valence-corrected chi connectivity index (χ3v) is 3.41. The van der Waals surface area contributed by atoms with Crippen molar-refractivity contribution in [3.8, 4) is 5.75 Å². The molecule has 0 spiro atoms. The molecule has 1 aromatic rings. The number of hydrogen-bond acceptors (Lipinski definition) is 3. The average Bonchev–Trinajstić information content (AvgIpc) is 2.27. The van der Waals surface area contributed by atoms with Gasteiger partial charge in [0.2, 0.25) is 0 Å². The lowest BCUT2D eigenvalue weighted by molar-refractivity contribution is 0.424. The molecule has 0 aliphatic carbocycles. The van der Waals surface area contributed by atoms with Crippen molar-refractivity contribution in [2.24, 2.45) is 4.99 Å². The fourth-order valence-electron chi connectivity index (χ4n) is 2.06. The van der Waals surface area contributed by atoms with Crippen LogP contribution < -0.4 is 0 Å². The maximum Gasteiger partial charge on any atom is 0.128 e. The summed E-state index contributed by atoms with van der Waals surface area (Å²) in [4.78, 5) is 6.38. The maximum atomic E-state index is 10.6. The molecule has 1 aromatic carbocycles. The van der Waals surface area contributed by atoms with Crippen LogP contribution in [0.1, 0.15) is 58.2 Å². The second kappa shape index (κ2) is 6.18. The van der Waals surface area contributed by atoms with E-state index in [0.717, 1.165) is 11.1 Å². The highest BCUT2D eigenvalue weighted by Crippen LogP contribution is 2.37. The molecule has 1 N–H and O–H groups in total. The van der Waals surface area contributed by atoms with Crippen molar-refractivity contribution >= 4 is 6.21 Å². The molecule has 0 saturated carbocycles. The van der Waals surface area contributed by atoms with Gasteiger partial charge in [0, 0.05) is 17.3 Å². The topological polar surface area (TPSA) is 35.8 Å². The lowest BCUT2D eigenvalue weighted by Gasteiger charge is -2.27. The molecule has 0 unspecified atom stereocenters. The van der Waals surface area contributed by atoms with Gasteiger partial charge in [0.1, 0.15) is 5.75 Å². The van der Waals surface area contributed by atoms with Crippen LogP contribution in [0.2, 0.25) is 0 Å². The standard InChI is InChI=1S/C18H30N2O/c1-17(2,3)14-9-13(11-19-12-20(7)8)16(21)15(10-14)18(4,5)6/h9-11,21H,12H2,1-8H3/b19-11+. The zero-order valence-electron chi connectivity index (χ0n) is 14.8. The van der Waals surface area contributed by atoms with E-state index < -0.39 is 0 Å². The summed E-state index contributed by atoms with van der Waals surface area (Å²) < 4.78 is 0. The minimum Gasteiger partial charge on any atom is -0.507 e. The molecule has 0 aromatic heterocycles. The first-order chi connectivity index (χ1) is 9.43. The Balaban J connectivity index is 3.39. The first kappa shape index (κ1) is 17.7. The summed E-state index contributed by atoms with van der Waals surface area (Å²) in [7, 11) is 3.95. The Morgan fingerprint density at radius 3 is 2.05 bits per heavy atom. The Hall–Kier alpha value is -1.35. The third-order valence-electron chi connectivity index (χ3n) is 3.41. The van der Waals surface area contributed by atoms with Gasteiger partial charge in [-0.25, -0.2) is 0 Å². The highest BCUT2D eigenvalue weighted by atomic mass is 16.3. The van der Waals surface area contributed by atoms with Crippen LogP contribution in [0.15, 0.2) is 17.1 Å². The van der Waals surface area contributed by atoms with Crippen LogP contribution in [0.25, 0.3) is 0 Å². The summed E-state index contributed by atoms with van der Waals surface area (Å²) in [5.41, 5.74) is 2.93. The molecule has 0 radical (unpaired) electrons. The maximum absolute atomic E-state index is 10.6. The van der Waals surface area contributed by atoms with Crippen molar-refractivity contribution < 1.29 is 5.11 Å². The molecule has 21 heavy (non-hydrogen) atoms. The number of phenols is 1. The van der Waals surface area contributed by atoms with Crippen LogP contribution in [-0.2, 0) is 10.8 Å². The van der Waals surface area contributed by atoms with Crippen LogP contribution in [0.4, 0.5) is 0 Å². The molecule has 0 aliphatic rings. The molecule has 0 saturated heterocycles. The number of hydrogen-bond donors (Lipinski definition) is 1. The number of benzene rings is 1. The summed E-state index contributed by atoms with van der Waals surface area (Å²) in [5.74, 6) is 0.345. The molecule has 0 fully saturated rings. The number of aromatic hydroxyl groups is 1. The number of phenolic OH excluding ortho intramolecular Hbond substituents is 1. The molecule has 0 aliphatic heterocycles. The lowest BCUT2D eigenvalue weighted by Crippen LogP contribution is -2.17. The molecule has 3 heteroatoms. The van der Waals surface area contributed by atoms with E-state index in [4.69, 9.17) is 0 Å². The van der Waals surface area contributed by atoms with Crippen molar-refractivity contribution in [1.82, 2.24) is 4.90 Å². The minimum absolute atomic E-state index is 0.0395. The first-order valence-electron chi connectivity index (χ1n) is 7.45. The largest absolute Gasteiger partial charge is 0.507 e. The first-order valence-corrected chi connectivity index (χ1v) is 7.45. The van der Waals surface area contributed by atoms with E-state index in [1.165, 1.54) is 5.56 Å². The second-order valence-electron chi connectivity index (χ2n) is 7.99. The predicted octanol–water partition coefficient (Wildman–Crippen LogP) is 3.93. The summed E-state index contributed by atoms with van der Waals surface area (Å²) in [6, 6.07) is 4.17. The summed E-state index contributed by atoms with van der Waals surface area (Å²) in [5, 5.41) is 10.6. The van der Waals surface area contributed by atoms with E-state index >= 15 is 0 Å². The molecule has 0 atom stereocenters. The zero-order valence-corrected chi connectivity index (χ0v) is 14.8. The Morgan fingerprint density at radius 2 is 1.62 bits per heavy atom. The molecule has 0 bridgehead atoms. The van der Waals surface area contributed by atoms with Crippen molar-refractivity contribution in [3.05, 3.63) is 28.8 Å². The van der Waals surface area contributed by atoms with E-state index in [-0.39, 0.29) is 10.8 Å². The van der Waals surface area contributed by atoms with Gasteiger partial charge in [-0.1, -0.05) is 47.6 Å². The van der Waals surface area contributed by atoms with Crippen LogP contribution in [0.5, 0.6) is 5.75 Å². The zero-order chi connectivity index (χ0) is 16.4. The predicted molar refractivity (Wildman–Crippen MR) is 91.7 cm³/mol. The van der Waals surface area contributed by atoms with Crippen LogP contribution >= 0.6 is 0 Å². The molecule has 3 nitrogen and oxygen atoms in total. The molecular weight excluding hydrogens is 260 g/mol. The Labute approximate surface area is 129 Å². The summed E-state index contributed by atoms with van der Waals surface area (Å²) in [6.07, 6.45) is 1.78. The van der Waals surface area contributed by atoms with E-state index in [2.05, 4.69) is 52.6 Å². The average molecular weight is 290 g/mol. The fourth-order valence-corrected chi connectivity index (χ4v) is 2.06. The van der Waals surface area contributed by atoms with Crippen molar-refractivity contribution in [1.29, 1.82) is 0 Å². The van der Waals surface area contributed by atoms with E-state index in [1.54, 1.807) is 6.21 Å². The van der Waals surface area contributed by atoms with Gasteiger partial charge in [-0.3, -0.25) is 9.89 Å². The van der Waals surface area contributed by atoms with Gasteiger partial charge in [0.05, 0.1) is 6.67 Å². The van der Waals surface area contributed by atoms with Crippen LogP contribution in [0, 0.1) is 0 Å². The van der Waals surface area contributed by atoms with Gasteiger partial charge in [-0.2, -0.15) is 0 Å². The summed E-state index contributed by atoms with van der Waals surface area (Å²) in [6.45, 7) is 13.5. The lowest BCUT2D eigenvalue weighted by atomic mass is 9.79. The van der Waals surface area contributed by atoms with Crippen LogP contribution in [0.3, 0.4) is 0 Å². The van der Waals surface area contributed by atoms with Gasteiger partial charge in [-0.05, 0) is 36.6 Å². The molecule has 0 heterocycles. The van der Waals surface area contributed by atoms with E-state index in [0.29, 0.717) is 12.4 Å².